The Bertz CT molecular complexity index is 588. The van der Waals surface area contributed by atoms with Gasteiger partial charge in [-0.15, -0.1) is 0 Å². The van der Waals surface area contributed by atoms with Gasteiger partial charge in [-0.2, -0.15) is 0 Å². The van der Waals surface area contributed by atoms with Crippen LogP contribution in [0.25, 0.3) is 0 Å². The highest BCUT2D eigenvalue weighted by Crippen LogP contribution is 2.41. The summed E-state index contributed by atoms with van der Waals surface area (Å²) >= 11 is 0. The zero-order valence-electron chi connectivity index (χ0n) is 14.5. The number of fused-ring (bicyclic) bond motifs is 1. The number of nitrogens with zero attached hydrogens (tertiary/aromatic N) is 1. The van der Waals surface area contributed by atoms with E-state index < -0.39 is 17.7 Å². The molecule has 126 valence electrons. The van der Waals surface area contributed by atoms with Crippen molar-refractivity contribution in [1.29, 1.82) is 0 Å². The molecule has 0 fully saturated rings. The van der Waals surface area contributed by atoms with Gasteiger partial charge in [0.25, 0.3) is 0 Å². The van der Waals surface area contributed by atoms with Crippen LogP contribution in [0.3, 0.4) is 0 Å². The molecule has 1 aromatic rings. The fourth-order valence-corrected chi connectivity index (χ4v) is 3.32. The maximum absolute atomic E-state index is 12.7. The first-order valence-electron chi connectivity index (χ1n) is 8.01. The highest BCUT2D eigenvalue weighted by Gasteiger charge is 2.51. The molecule has 1 aliphatic rings. The predicted octanol–water partition coefficient (Wildman–Crippen LogP) is 3.26. The van der Waals surface area contributed by atoms with E-state index in [9.17, 15) is 9.59 Å². The third-order valence-corrected chi connectivity index (χ3v) is 4.30. The molecule has 1 amide bonds. The lowest BCUT2D eigenvalue weighted by atomic mass is 9.96. The molecule has 0 saturated heterocycles. The van der Waals surface area contributed by atoms with Crippen LogP contribution >= 0.6 is 0 Å². The molecule has 1 aromatic carbocycles. The molecule has 0 N–H and O–H groups in total. The Morgan fingerprint density at radius 2 is 1.74 bits per heavy atom. The molecule has 0 saturated carbocycles. The third kappa shape index (κ3) is 3.05. The van der Waals surface area contributed by atoms with E-state index in [-0.39, 0.29) is 12.1 Å². The molecule has 0 spiro atoms. The molecule has 0 bridgehead atoms. The molecule has 0 radical (unpaired) electrons. The number of rotatable bonds is 4. The maximum atomic E-state index is 12.7. The molecule has 1 atom stereocenters. The van der Waals surface area contributed by atoms with Crippen molar-refractivity contribution in [2.75, 3.05) is 7.11 Å². The second kappa shape index (κ2) is 6.60. The summed E-state index contributed by atoms with van der Waals surface area (Å²) in [4.78, 5) is 26.8. The van der Waals surface area contributed by atoms with E-state index in [1.165, 1.54) is 7.11 Å². The summed E-state index contributed by atoms with van der Waals surface area (Å²) in [5, 5.41) is 0. The van der Waals surface area contributed by atoms with Gasteiger partial charge in [0.05, 0.1) is 7.11 Å². The van der Waals surface area contributed by atoms with Crippen LogP contribution in [-0.4, -0.2) is 36.2 Å². The Morgan fingerprint density at radius 3 is 2.30 bits per heavy atom. The molecular weight excluding hydrogens is 294 g/mol. The van der Waals surface area contributed by atoms with E-state index in [4.69, 9.17) is 9.47 Å². The Kier molecular flexibility index (Phi) is 4.97. The van der Waals surface area contributed by atoms with Crippen LogP contribution in [0.2, 0.25) is 0 Å². The Labute approximate surface area is 137 Å². The standard InChI is InChI=1S/C18H25NO4/c1-12(2)19(13(3)4)17(21)23-18(16(20)22-5)11-10-14-8-6-7-9-15(14)18/h6-9,12-13H,10-11H2,1-5H3/t18-/m1/s1. The zero-order valence-corrected chi connectivity index (χ0v) is 14.5. The molecule has 0 heterocycles. The summed E-state index contributed by atoms with van der Waals surface area (Å²) in [7, 11) is 1.32. The number of carbonyl (C=O) groups is 2. The first-order chi connectivity index (χ1) is 10.8. The largest absolute Gasteiger partial charge is 0.466 e. The summed E-state index contributed by atoms with van der Waals surface area (Å²) in [5.41, 5.74) is 0.406. The predicted molar refractivity (Wildman–Crippen MR) is 87.0 cm³/mol. The second-order valence-corrected chi connectivity index (χ2v) is 6.44. The minimum Gasteiger partial charge on any atom is -0.466 e. The molecule has 2 rings (SSSR count). The lowest BCUT2D eigenvalue weighted by molar-refractivity contribution is -0.165. The number of ether oxygens (including phenoxy) is 2. The fourth-order valence-electron chi connectivity index (χ4n) is 3.32. The van der Waals surface area contributed by atoms with Crippen molar-refractivity contribution < 1.29 is 19.1 Å². The summed E-state index contributed by atoms with van der Waals surface area (Å²) in [6.07, 6.45) is 0.605. The van der Waals surface area contributed by atoms with Crippen molar-refractivity contribution in [3.05, 3.63) is 35.4 Å². The minimum atomic E-state index is -1.34. The normalized spacial score (nSPS) is 19.6. The van der Waals surface area contributed by atoms with E-state index >= 15 is 0 Å². The second-order valence-electron chi connectivity index (χ2n) is 6.44. The monoisotopic (exact) mass is 319 g/mol. The molecule has 0 aliphatic heterocycles. The van der Waals surface area contributed by atoms with Crippen molar-refractivity contribution >= 4 is 12.1 Å². The lowest BCUT2D eigenvalue weighted by Crippen LogP contribution is -2.48. The highest BCUT2D eigenvalue weighted by atomic mass is 16.6. The molecule has 5 nitrogen and oxygen atoms in total. The van der Waals surface area contributed by atoms with E-state index in [0.29, 0.717) is 12.8 Å². The molecular formula is C18H25NO4. The van der Waals surface area contributed by atoms with E-state index in [2.05, 4.69) is 0 Å². The van der Waals surface area contributed by atoms with Gasteiger partial charge < -0.3 is 14.4 Å². The fraction of sp³-hybridized carbons (Fsp3) is 0.556. The van der Waals surface area contributed by atoms with Crippen molar-refractivity contribution in [3.8, 4) is 0 Å². The minimum absolute atomic E-state index is 0.0196. The highest BCUT2D eigenvalue weighted by molar-refractivity contribution is 5.86. The first-order valence-corrected chi connectivity index (χ1v) is 8.01. The van der Waals surface area contributed by atoms with Gasteiger partial charge in [-0.25, -0.2) is 9.59 Å². The van der Waals surface area contributed by atoms with Gasteiger partial charge in [0.1, 0.15) is 0 Å². The van der Waals surface area contributed by atoms with Gasteiger partial charge in [-0.3, -0.25) is 0 Å². The van der Waals surface area contributed by atoms with E-state index in [1.807, 2.05) is 52.0 Å². The van der Waals surface area contributed by atoms with Gasteiger partial charge in [-0.05, 0) is 39.7 Å². The smallest absolute Gasteiger partial charge is 0.411 e. The summed E-state index contributed by atoms with van der Waals surface area (Å²) < 4.78 is 10.7. The number of hydrogen-bond donors (Lipinski definition) is 0. The summed E-state index contributed by atoms with van der Waals surface area (Å²) in [6, 6.07) is 7.52. The summed E-state index contributed by atoms with van der Waals surface area (Å²) in [6.45, 7) is 7.70. The van der Waals surface area contributed by atoms with Crippen LogP contribution in [0.1, 0.15) is 45.2 Å². The topological polar surface area (TPSA) is 55.8 Å². The Hall–Kier alpha value is -2.04. The molecule has 23 heavy (non-hydrogen) atoms. The van der Waals surface area contributed by atoms with E-state index in [0.717, 1.165) is 11.1 Å². The van der Waals surface area contributed by atoms with Crippen LogP contribution in [0, 0.1) is 0 Å². The zero-order chi connectivity index (χ0) is 17.2. The number of carbonyl (C=O) groups excluding carboxylic acids is 2. The van der Waals surface area contributed by atoms with Crippen LogP contribution in [0.5, 0.6) is 0 Å². The van der Waals surface area contributed by atoms with Gasteiger partial charge in [0.2, 0.25) is 5.60 Å². The van der Waals surface area contributed by atoms with Crippen LogP contribution in [0.4, 0.5) is 4.79 Å². The Morgan fingerprint density at radius 1 is 1.13 bits per heavy atom. The average Bonchev–Trinajstić information content (AvgIpc) is 2.86. The lowest BCUT2D eigenvalue weighted by Gasteiger charge is -2.34. The Balaban J connectivity index is 2.39. The van der Waals surface area contributed by atoms with Crippen LogP contribution in [-0.2, 0) is 26.3 Å². The average molecular weight is 319 g/mol. The number of amides is 1. The van der Waals surface area contributed by atoms with Crippen molar-refractivity contribution in [3.63, 3.8) is 0 Å². The molecule has 1 aliphatic carbocycles. The first kappa shape index (κ1) is 17.3. The summed E-state index contributed by atoms with van der Waals surface area (Å²) in [5.74, 6) is -0.525. The van der Waals surface area contributed by atoms with E-state index in [1.54, 1.807) is 4.90 Å². The number of benzene rings is 1. The molecule has 5 heteroatoms. The third-order valence-electron chi connectivity index (χ3n) is 4.30. The van der Waals surface area contributed by atoms with Crippen LogP contribution < -0.4 is 0 Å². The van der Waals surface area contributed by atoms with Gasteiger partial charge in [-0.1, -0.05) is 24.3 Å². The van der Waals surface area contributed by atoms with Crippen molar-refractivity contribution in [2.24, 2.45) is 0 Å². The number of aryl methyl sites for hydroxylation is 1. The number of methoxy groups -OCH3 is 1. The molecule has 0 unspecified atom stereocenters. The van der Waals surface area contributed by atoms with Crippen molar-refractivity contribution in [2.45, 2.75) is 58.2 Å². The number of hydrogen-bond acceptors (Lipinski definition) is 4. The number of esters is 1. The van der Waals surface area contributed by atoms with Crippen molar-refractivity contribution in [1.82, 2.24) is 4.90 Å². The SMILES string of the molecule is COC(=O)[C@@]1(OC(=O)N(C(C)C)C(C)C)CCc2ccccc21. The van der Waals surface area contributed by atoms with Gasteiger partial charge in [0, 0.05) is 24.1 Å². The maximum Gasteiger partial charge on any atom is 0.411 e. The van der Waals surface area contributed by atoms with Gasteiger partial charge in [0.15, 0.2) is 0 Å². The van der Waals surface area contributed by atoms with Gasteiger partial charge >= 0.3 is 12.1 Å². The molecule has 0 aromatic heterocycles. The quantitative estimate of drug-likeness (QED) is 0.799. The van der Waals surface area contributed by atoms with Crippen LogP contribution in [0.15, 0.2) is 24.3 Å².